The molecule has 0 spiro atoms. The molecule has 6 heteroatoms. The number of amides is 2. The van der Waals surface area contributed by atoms with Gasteiger partial charge in [0.1, 0.15) is 17.7 Å². The van der Waals surface area contributed by atoms with E-state index in [0.29, 0.717) is 12.4 Å². The molecule has 1 fully saturated rings. The highest BCUT2D eigenvalue weighted by molar-refractivity contribution is 5.75. The molecule has 1 unspecified atom stereocenters. The molecule has 1 aliphatic carbocycles. The molecule has 2 N–H and O–H groups in total. The van der Waals surface area contributed by atoms with Crippen LogP contribution in [0.4, 0.5) is 9.18 Å². The Morgan fingerprint density at radius 2 is 1.89 bits per heavy atom. The van der Waals surface area contributed by atoms with Gasteiger partial charge >= 0.3 is 6.03 Å². The predicted molar refractivity (Wildman–Crippen MR) is 105 cm³/mol. The largest absolute Gasteiger partial charge is 0.337 e. The molecular formula is C22H23FN4O. The number of urea groups is 1. The second kappa shape index (κ2) is 7.46. The summed E-state index contributed by atoms with van der Waals surface area (Å²) in [5, 5.41) is 6.01. The fourth-order valence-electron chi connectivity index (χ4n) is 3.55. The smallest absolute Gasteiger partial charge is 0.315 e. The monoisotopic (exact) mass is 378 g/mol. The Labute approximate surface area is 163 Å². The molecular weight excluding hydrogens is 355 g/mol. The number of halogens is 1. The van der Waals surface area contributed by atoms with Gasteiger partial charge in [0.05, 0.1) is 0 Å². The number of benzene rings is 2. The molecule has 1 atom stereocenters. The Bertz CT molecular complexity index is 948. The molecule has 28 heavy (non-hydrogen) atoms. The Kier molecular flexibility index (Phi) is 4.86. The van der Waals surface area contributed by atoms with Crippen LogP contribution < -0.4 is 10.6 Å². The van der Waals surface area contributed by atoms with Gasteiger partial charge in [-0.15, -0.1) is 0 Å². The summed E-state index contributed by atoms with van der Waals surface area (Å²) in [5.41, 5.74) is 2.07. The van der Waals surface area contributed by atoms with Crippen LogP contribution in [0.2, 0.25) is 0 Å². The van der Waals surface area contributed by atoms with Gasteiger partial charge in [0.15, 0.2) is 0 Å². The second-order valence-electron chi connectivity index (χ2n) is 7.35. The summed E-state index contributed by atoms with van der Waals surface area (Å²) in [7, 11) is 1.87. The maximum atomic E-state index is 13.3. The number of aryl methyl sites for hydroxylation is 1. The first-order valence-electron chi connectivity index (χ1n) is 9.40. The molecule has 1 saturated carbocycles. The lowest BCUT2D eigenvalue weighted by Gasteiger charge is -2.21. The van der Waals surface area contributed by atoms with Crippen molar-refractivity contribution in [3.63, 3.8) is 0 Å². The average Bonchev–Trinajstić information content (AvgIpc) is 3.40. The zero-order chi connectivity index (χ0) is 19.6. The highest BCUT2D eigenvalue weighted by Crippen LogP contribution is 2.47. The number of carbonyl (C=O) groups is 1. The first-order chi connectivity index (χ1) is 13.6. The van der Waals surface area contributed by atoms with Gasteiger partial charge in [0.25, 0.3) is 0 Å². The molecule has 0 saturated heterocycles. The normalized spacial score (nSPS) is 15.6. The number of rotatable bonds is 6. The first kappa shape index (κ1) is 18.2. The van der Waals surface area contributed by atoms with Crippen molar-refractivity contribution in [2.75, 3.05) is 6.54 Å². The molecule has 144 valence electrons. The minimum Gasteiger partial charge on any atom is -0.337 e. The SMILES string of the molecule is Cn1ccnc1C(NC(=O)NCC1(c2ccccc2)CC1)c1ccc(F)cc1. The zero-order valence-corrected chi connectivity index (χ0v) is 15.7. The van der Waals surface area contributed by atoms with Crippen molar-refractivity contribution in [1.82, 2.24) is 20.2 Å². The van der Waals surface area contributed by atoms with Crippen molar-refractivity contribution in [2.45, 2.75) is 24.3 Å². The van der Waals surface area contributed by atoms with E-state index < -0.39 is 6.04 Å². The topological polar surface area (TPSA) is 59.0 Å². The average molecular weight is 378 g/mol. The molecule has 0 bridgehead atoms. The molecule has 1 aromatic heterocycles. The molecule has 0 aliphatic heterocycles. The number of nitrogens with zero attached hydrogens (tertiary/aromatic N) is 2. The van der Waals surface area contributed by atoms with E-state index in [1.165, 1.54) is 17.7 Å². The number of aromatic nitrogens is 2. The lowest BCUT2D eigenvalue weighted by atomic mass is 9.96. The number of carbonyl (C=O) groups excluding carboxylic acids is 1. The minimum absolute atomic E-state index is 0.0349. The second-order valence-corrected chi connectivity index (χ2v) is 7.35. The van der Waals surface area contributed by atoms with Gasteiger partial charge in [-0.25, -0.2) is 14.2 Å². The van der Waals surface area contributed by atoms with Crippen LogP contribution in [0, 0.1) is 5.82 Å². The van der Waals surface area contributed by atoms with Crippen LogP contribution >= 0.6 is 0 Å². The van der Waals surface area contributed by atoms with E-state index in [1.54, 1.807) is 18.3 Å². The third-order valence-electron chi connectivity index (χ3n) is 5.42. The van der Waals surface area contributed by atoms with Crippen molar-refractivity contribution in [3.05, 3.63) is 89.8 Å². The third kappa shape index (κ3) is 3.76. The van der Waals surface area contributed by atoms with Crippen molar-refractivity contribution in [3.8, 4) is 0 Å². The molecule has 1 heterocycles. The highest BCUT2D eigenvalue weighted by Gasteiger charge is 2.44. The maximum Gasteiger partial charge on any atom is 0.315 e. The van der Waals surface area contributed by atoms with E-state index in [2.05, 4.69) is 27.8 Å². The molecule has 2 aromatic carbocycles. The number of hydrogen-bond donors (Lipinski definition) is 2. The lowest BCUT2D eigenvalue weighted by molar-refractivity contribution is 0.237. The van der Waals surface area contributed by atoms with Gasteiger partial charge in [0, 0.05) is 31.4 Å². The molecule has 4 rings (SSSR count). The third-order valence-corrected chi connectivity index (χ3v) is 5.42. The van der Waals surface area contributed by atoms with Gasteiger partial charge in [-0.3, -0.25) is 0 Å². The Morgan fingerprint density at radius 3 is 2.50 bits per heavy atom. The summed E-state index contributed by atoms with van der Waals surface area (Å²) >= 11 is 0. The summed E-state index contributed by atoms with van der Waals surface area (Å²) in [6.45, 7) is 0.583. The van der Waals surface area contributed by atoms with Crippen LogP contribution in [0.5, 0.6) is 0 Å². The molecule has 2 amide bonds. The minimum atomic E-state index is -0.465. The predicted octanol–water partition coefficient (Wildman–Crippen LogP) is 3.68. The lowest BCUT2D eigenvalue weighted by Crippen LogP contribution is -2.42. The zero-order valence-electron chi connectivity index (χ0n) is 15.7. The van der Waals surface area contributed by atoms with Crippen molar-refractivity contribution in [2.24, 2.45) is 7.05 Å². The standard InChI is InChI=1S/C22H23FN4O/c1-27-14-13-24-20(27)19(16-7-9-18(23)10-8-16)26-21(28)25-15-22(11-12-22)17-5-3-2-4-6-17/h2-10,13-14,19H,11-12,15H2,1H3,(H2,25,26,28). The summed E-state index contributed by atoms with van der Waals surface area (Å²) in [6.07, 6.45) is 5.64. The van der Waals surface area contributed by atoms with Crippen LogP contribution in [0.25, 0.3) is 0 Å². The van der Waals surface area contributed by atoms with Gasteiger partial charge in [-0.1, -0.05) is 42.5 Å². The molecule has 5 nitrogen and oxygen atoms in total. The molecule has 3 aromatic rings. The van der Waals surface area contributed by atoms with Crippen molar-refractivity contribution >= 4 is 6.03 Å². The highest BCUT2D eigenvalue weighted by atomic mass is 19.1. The van der Waals surface area contributed by atoms with Gasteiger partial charge in [-0.2, -0.15) is 0 Å². The van der Waals surface area contributed by atoms with Gasteiger partial charge in [-0.05, 0) is 36.1 Å². The van der Waals surface area contributed by atoms with E-state index in [-0.39, 0.29) is 17.3 Å². The number of hydrogen-bond acceptors (Lipinski definition) is 2. The van der Waals surface area contributed by atoms with E-state index in [9.17, 15) is 9.18 Å². The number of nitrogens with one attached hydrogen (secondary N) is 2. The Morgan fingerprint density at radius 1 is 1.18 bits per heavy atom. The van der Waals surface area contributed by atoms with E-state index in [0.717, 1.165) is 18.4 Å². The van der Waals surface area contributed by atoms with Crippen LogP contribution in [-0.2, 0) is 12.5 Å². The maximum absolute atomic E-state index is 13.3. The van der Waals surface area contributed by atoms with Crippen LogP contribution in [0.3, 0.4) is 0 Å². The Hall–Kier alpha value is -3.15. The summed E-state index contributed by atoms with van der Waals surface area (Å²) in [4.78, 5) is 17.0. The van der Waals surface area contributed by atoms with Crippen molar-refractivity contribution in [1.29, 1.82) is 0 Å². The van der Waals surface area contributed by atoms with Gasteiger partial charge in [0.2, 0.25) is 0 Å². The first-order valence-corrected chi connectivity index (χ1v) is 9.40. The van der Waals surface area contributed by atoms with Crippen LogP contribution in [0.1, 0.15) is 35.8 Å². The summed E-state index contributed by atoms with van der Waals surface area (Å²) < 4.78 is 15.2. The number of imidazole rings is 1. The summed E-state index contributed by atoms with van der Waals surface area (Å²) in [6, 6.07) is 15.7. The quantitative estimate of drug-likeness (QED) is 0.687. The Balaban J connectivity index is 1.47. The summed E-state index contributed by atoms with van der Waals surface area (Å²) in [5.74, 6) is 0.372. The molecule has 0 radical (unpaired) electrons. The van der Waals surface area contributed by atoms with E-state index in [1.807, 2.05) is 36.0 Å². The van der Waals surface area contributed by atoms with Crippen LogP contribution in [0.15, 0.2) is 67.0 Å². The van der Waals surface area contributed by atoms with E-state index in [4.69, 9.17) is 0 Å². The van der Waals surface area contributed by atoms with E-state index >= 15 is 0 Å². The fraction of sp³-hybridized carbons (Fsp3) is 0.273. The van der Waals surface area contributed by atoms with Crippen LogP contribution in [-0.4, -0.2) is 22.1 Å². The fourth-order valence-corrected chi connectivity index (χ4v) is 3.55. The molecule has 1 aliphatic rings. The van der Waals surface area contributed by atoms with Gasteiger partial charge < -0.3 is 15.2 Å². The van der Waals surface area contributed by atoms with Crippen molar-refractivity contribution < 1.29 is 9.18 Å².